The lowest BCUT2D eigenvalue weighted by Crippen LogP contribution is -2.17. The highest BCUT2D eigenvalue weighted by atomic mass is 35.5. The number of benzene rings is 1. The number of hydrogen-bond donors (Lipinski definition) is 1. The van der Waals surface area contributed by atoms with E-state index >= 15 is 0 Å². The average Bonchev–Trinajstić information content (AvgIpc) is 2.35. The summed E-state index contributed by atoms with van der Waals surface area (Å²) in [7, 11) is 3.07. The minimum atomic E-state index is -0.216. The molecule has 0 atom stereocenters. The molecule has 5 heteroatoms. The Morgan fingerprint density at radius 1 is 1.47 bits per heavy atom. The van der Waals surface area contributed by atoms with Crippen LogP contribution in [0.3, 0.4) is 0 Å². The Labute approximate surface area is 106 Å². The minimum absolute atomic E-state index is 0.216. The number of methoxy groups -OCH3 is 1. The molecule has 0 aromatic heterocycles. The van der Waals surface area contributed by atoms with E-state index in [1.807, 2.05) is 6.92 Å². The molecule has 17 heavy (non-hydrogen) atoms. The monoisotopic (exact) mass is 257 g/mol. The Morgan fingerprint density at radius 3 is 2.71 bits per heavy atom. The van der Waals surface area contributed by atoms with Gasteiger partial charge in [0.15, 0.2) is 11.5 Å². The molecule has 1 aromatic carbocycles. The first-order valence-corrected chi connectivity index (χ1v) is 5.74. The van der Waals surface area contributed by atoms with E-state index in [4.69, 9.17) is 21.1 Å². The van der Waals surface area contributed by atoms with E-state index < -0.39 is 0 Å². The van der Waals surface area contributed by atoms with Gasteiger partial charge in [0.05, 0.1) is 18.7 Å². The fourth-order valence-electron chi connectivity index (χ4n) is 1.34. The Balaban J connectivity index is 3.11. The van der Waals surface area contributed by atoms with Gasteiger partial charge >= 0.3 is 0 Å². The van der Waals surface area contributed by atoms with Crippen LogP contribution in [0.1, 0.15) is 23.7 Å². The first kappa shape index (κ1) is 13.6. The molecule has 0 saturated heterocycles. The van der Waals surface area contributed by atoms with Crippen LogP contribution in [0.15, 0.2) is 12.1 Å². The first-order valence-electron chi connectivity index (χ1n) is 5.36. The maximum atomic E-state index is 11.5. The molecule has 0 fully saturated rings. The summed E-state index contributed by atoms with van der Waals surface area (Å²) in [6.45, 7) is 2.55. The molecule has 0 radical (unpaired) electrons. The van der Waals surface area contributed by atoms with Crippen molar-refractivity contribution < 1.29 is 14.3 Å². The van der Waals surface area contributed by atoms with Crippen LogP contribution in [0.25, 0.3) is 0 Å². The van der Waals surface area contributed by atoms with Crippen LogP contribution in [0.2, 0.25) is 5.02 Å². The summed E-state index contributed by atoms with van der Waals surface area (Å²) in [5.41, 5.74) is 0.443. The van der Waals surface area contributed by atoms with Crippen LogP contribution in [0.5, 0.6) is 11.5 Å². The molecule has 0 unspecified atom stereocenters. The van der Waals surface area contributed by atoms with Crippen molar-refractivity contribution in [3.8, 4) is 11.5 Å². The zero-order valence-electron chi connectivity index (χ0n) is 10.2. The molecule has 0 aliphatic rings. The van der Waals surface area contributed by atoms with E-state index in [-0.39, 0.29) is 5.91 Å². The molecule has 1 amide bonds. The predicted octanol–water partition coefficient (Wildman–Crippen LogP) is 2.50. The summed E-state index contributed by atoms with van der Waals surface area (Å²) >= 11 is 6.07. The van der Waals surface area contributed by atoms with Gasteiger partial charge in [0, 0.05) is 12.6 Å². The third-order valence-corrected chi connectivity index (χ3v) is 2.45. The number of hydrogen-bond acceptors (Lipinski definition) is 3. The molecule has 1 rings (SSSR count). The lowest BCUT2D eigenvalue weighted by atomic mass is 10.2. The standard InChI is InChI=1S/C12H16ClNO3/c1-4-5-17-11-9(13)6-8(12(15)14-2)7-10(11)16-3/h6-7H,4-5H2,1-3H3,(H,14,15). The molecule has 0 aliphatic carbocycles. The van der Waals surface area contributed by atoms with Crippen LogP contribution >= 0.6 is 11.6 Å². The normalized spacial score (nSPS) is 9.88. The van der Waals surface area contributed by atoms with Gasteiger partial charge in [-0.05, 0) is 18.6 Å². The van der Waals surface area contributed by atoms with Gasteiger partial charge in [-0.15, -0.1) is 0 Å². The summed E-state index contributed by atoms with van der Waals surface area (Å²) < 4.78 is 10.7. The smallest absolute Gasteiger partial charge is 0.251 e. The van der Waals surface area contributed by atoms with Crippen LogP contribution in [0, 0.1) is 0 Å². The van der Waals surface area contributed by atoms with Crippen molar-refractivity contribution >= 4 is 17.5 Å². The molecule has 0 aliphatic heterocycles. The maximum Gasteiger partial charge on any atom is 0.251 e. The minimum Gasteiger partial charge on any atom is -0.493 e. The van der Waals surface area contributed by atoms with Crippen molar-refractivity contribution in [1.29, 1.82) is 0 Å². The molecule has 0 saturated carbocycles. The van der Waals surface area contributed by atoms with Crippen LogP contribution in [-0.2, 0) is 0 Å². The van der Waals surface area contributed by atoms with Gasteiger partial charge in [0.2, 0.25) is 0 Å². The summed E-state index contributed by atoms with van der Waals surface area (Å²) in [6.07, 6.45) is 0.872. The Bertz CT molecular complexity index is 407. The summed E-state index contributed by atoms with van der Waals surface area (Å²) in [5.74, 6) is 0.723. The highest BCUT2D eigenvalue weighted by molar-refractivity contribution is 6.32. The molecule has 4 nitrogen and oxygen atoms in total. The average molecular weight is 258 g/mol. The molecule has 0 heterocycles. The van der Waals surface area contributed by atoms with E-state index in [1.54, 1.807) is 19.2 Å². The van der Waals surface area contributed by atoms with Crippen LogP contribution in [0.4, 0.5) is 0 Å². The van der Waals surface area contributed by atoms with Crippen molar-refractivity contribution in [2.75, 3.05) is 20.8 Å². The van der Waals surface area contributed by atoms with Crippen molar-refractivity contribution in [3.63, 3.8) is 0 Å². The fraction of sp³-hybridized carbons (Fsp3) is 0.417. The SMILES string of the molecule is CCCOc1c(Cl)cc(C(=O)NC)cc1OC. The van der Waals surface area contributed by atoms with Crippen LogP contribution < -0.4 is 14.8 Å². The molecule has 0 spiro atoms. The number of halogens is 1. The topological polar surface area (TPSA) is 47.6 Å². The van der Waals surface area contributed by atoms with Gasteiger partial charge in [-0.25, -0.2) is 0 Å². The highest BCUT2D eigenvalue weighted by Gasteiger charge is 2.14. The highest BCUT2D eigenvalue weighted by Crippen LogP contribution is 2.36. The van der Waals surface area contributed by atoms with Gasteiger partial charge in [0.1, 0.15) is 0 Å². The lowest BCUT2D eigenvalue weighted by Gasteiger charge is -2.13. The van der Waals surface area contributed by atoms with E-state index in [1.165, 1.54) is 7.11 Å². The quantitative estimate of drug-likeness (QED) is 0.882. The van der Waals surface area contributed by atoms with Crippen molar-refractivity contribution in [2.45, 2.75) is 13.3 Å². The number of amides is 1. The summed E-state index contributed by atoms with van der Waals surface area (Å²) in [4.78, 5) is 11.5. The van der Waals surface area contributed by atoms with Crippen molar-refractivity contribution in [3.05, 3.63) is 22.7 Å². The van der Waals surface area contributed by atoms with E-state index in [2.05, 4.69) is 5.32 Å². The van der Waals surface area contributed by atoms with E-state index in [0.29, 0.717) is 28.7 Å². The molecule has 0 bridgehead atoms. The third-order valence-electron chi connectivity index (χ3n) is 2.17. The fourth-order valence-corrected chi connectivity index (χ4v) is 1.60. The number of rotatable bonds is 5. The second-order valence-corrected chi connectivity index (χ2v) is 3.82. The number of carbonyl (C=O) groups excluding carboxylic acids is 1. The van der Waals surface area contributed by atoms with Crippen molar-refractivity contribution in [1.82, 2.24) is 5.32 Å². The van der Waals surface area contributed by atoms with E-state index in [0.717, 1.165) is 6.42 Å². The Hall–Kier alpha value is -1.42. The second kappa shape index (κ2) is 6.35. The molecule has 1 aromatic rings. The van der Waals surface area contributed by atoms with Gasteiger partial charge < -0.3 is 14.8 Å². The molecular weight excluding hydrogens is 242 g/mol. The number of nitrogens with one attached hydrogen (secondary N) is 1. The Morgan fingerprint density at radius 2 is 2.18 bits per heavy atom. The third kappa shape index (κ3) is 3.27. The summed E-state index contributed by atoms with van der Waals surface area (Å²) in [5, 5.41) is 2.90. The van der Waals surface area contributed by atoms with Gasteiger partial charge in [-0.1, -0.05) is 18.5 Å². The number of carbonyl (C=O) groups is 1. The number of ether oxygens (including phenoxy) is 2. The lowest BCUT2D eigenvalue weighted by molar-refractivity contribution is 0.0962. The summed E-state index contributed by atoms with van der Waals surface area (Å²) in [6, 6.07) is 3.17. The largest absolute Gasteiger partial charge is 0.493 e. The van der Waals surface area contributed by atoms with Crippen LogP contribution in [-0.4, -0.2) is 26.7 Å². The maximum absolute atomic E-state index is 11.5. The predicted molar refractivity (Wildman–Crippen MR) is 67.2 cm³/mol. The molecule has 1 N–H and O–H groups in total. The van der Waals surface area contributed by atoms with Gasteiger partial charge in [-0.3, -0.25) is 4.79 Å². The van der Waals surface area contributed by atoms with Gasteiger partial charge in [-0.2, -0.15) is 0 Å². The second-order valence-electron chi connectivity index (χ2n) is 3.42. The van der Waals surface area contributed by atoms with Gasteiger partial charge in [0.25, 0.3) is 5.91 Å². The van der Waals surface area contributed by atoms with E-state index in [9.17, 15) is 4.79 Å². The first-order chi connectivity index (χ1) is 8.13. The van der Waals surface area contributed by atoms with Crippen molar-refractivity contribution in [2.24, 2.45) is 0 Å². The zero-order valence-corrected chi connectivity index (χ0v) is 10.9. The molecule has 94 valence electrons. The molecular formula is C12H16ClNO3. The zero-order chi connectivity index (χ0) is 12.8. The Kier molecular flexibility index (Phi) is 5.10.